The third-order valence-corrected chi connectivity index (χ3v) is 4.20. The van der Waals surface area contributed by atoms with Gasteiger partial charge in [0.25, 0.3) is 0 Å². The molecule has 1 saturated carbocycles. The fourth-order valence-corrected chi connectivity index (χ4v) is 3.01. The van der Waals surface area contributed by atoms with Gasteiger partial charge in [-0.2, -0.15) is 0 Å². The zero-order valence-electron chi connectivity index (χ0n) is 10.9. The second-order valence-electron chi connectivity index (χ2n) is 5.65. The molecule has 0 aromatic heterocycles. The van der Waals surface area contributed by atoms with E-state index in [1.54, 1.807) is 0 Å². The third kappa shape index (κ3) is 2.18. The summed E-state index contributed by atoms with van der Waals surface area (Å²) in [5, 5.41) is 13.8. The van der Waals surface area contributed by atoms with Gasteiger partial charge in [-0.05, 0) is 25.3 Å². The highest BCUT2D eigenvalue weighted by molar-refractivity contribution is 5.23. The number of hydrogen-bond acceptors (Lipinski definition) is 3. The van der Waals surface area contributed by atoms with Crippen molar-refractivity contribution in [2.45, 2.75) is 50.5 Å². The first kappa shape index (κ1) is 12.2. The van der Waals surface area contributed by atoms with E-state index >= 15 is 0 Å². The maximum atomic E-state index is 10.5. The average molecular weight is 247 g/mol. The molecule has 2 aliphatic rings. The Bertz CT molecular complexity index is 417. The molecule has 1 aromatic rings. The Morgan fingerprint density at radius 2 is 2.06 bits per heavy atom. The van der Waals surface area contributed by atoms with E-state index in [9.17, 15) is 5.11 Å². The predicted octanol–water partition coefficient (Wildman–Crippen LogP) is 2.29. The molecule has 1 aliphatic carbocycles. The number of ether oxygens (including phenoxy) is 1. The van der Waals surface area contributed by atoms with Gasteiger partial charge in [0.1, 0.15) is 11.8 Å². The van der Waals surface area contributed by atoms with Crippen molar-refractivity contribution in [1.29, 1.82) is 0 Å². The van der Waals surface area contributed by atoms with E-state index in [-0.39, 0.29) is 12.3 Å². The van der Waals surface area contributed by atoms with Crippen molar-refractivity contribution >= 4 is 0 Å². The summed E-state index contributed by atoms with van der Waals surface area (Å²) in [5.41, 5.74) is 1.75. The number of nitrogens with one attached hydrogen (secondary N) is 1. The molecule has 3 atom stereocenters. The van der Waals surface area contributed by atoms with Crippen molar-refractivity contribution in [2.24, 2.45) is 0 Å². The fraction of sp³-hybridized carbons (Fsp3) is 0.600. The van der Waals surface area contributed by atoms with Gasteiger partial charge >= 0.3 is 0 Å². The average Bonchev–Trinajstić information content (AvgIpc) is 2.39. The molecule has 2 fully saturated rings. The lowest BCUT2D eigenvalue weighted by molar-refractivity contribution is -0.195. The summed E-state index contributed by atoms with van der Waals surface area (Å²) in [6.45, 7) is 2.72. The lowest BCUT2D eigenvalue weighted by Crippen LogP contribution is -2.59. The Kier molecular flexibility index (Phi) is 3.14. The van der Waals surface area contributed by atoms with Crippen LogP contribution in [0.15, 0.2) is 24.3 Å². The maximum absolute atomic E-state index is 10.5. The number of benzene rings is 1. The summed E-state index contributed by atoms with van der Waals surface area (Å²) >= 11 is 0. The zero-order valence-corrected chi connectivity index (χ0v) is 10.9. The molecule has 0 unspecified atom stereocenters. The van der Waals surface area contributed by atoms with Gasteiger partial charge in [0, 0.05) is 6.54 Å². The van der Waals surface area contributed by atoms with Crippen LogP contribution in [0.25, 0.3) is 0 Å². The van der Waals surface area contributed by atoms with Gasteiger partial charge in [0.15, 0.2) is 0 Å². The molecular formula is C15H21NO2. The van der Waals surface area contributed by atoms with Crippen molar-refractivity contribution in [1.82, 2.24) is 5.32 Å². The number of rotatable bonds is 1. The standard InChI is InChI=1S/C15H21NO2/c1-11-5-7-12(8-6-11)14-16-10-15(17)9-3-2-4-13(15)18-14/h5-8,13-14,16-17H,2-4,9-10H2,1H3/t13-,14+,15+/m0/s1. The number of hydrogen-bond donors (Lipinski definition) is 2. The summed E-state index contributed by atoms with van der Waals surface area (Å²) in [6.07, 6.45) is 4.00. The molecule has 3 heteroatoms. The zero-order chi connectivity index (χ0) is 12.6. The summed E-state index contributed by atoms with van der Waals surface area (Å²) < 4.78 is 6.06. The van der Waals surface area contributed by atoms with Crippen LogP contribution < -0.4 is 5.32 Å². The van der Waals surface area contributed by atoms with Crippen LogP contribution in [0.4, 0.5) is 0 Å². The topological polar surface area (TPSA) is 41.5 Å². The highest BCUT2D eigenvalue weighted by atomic mass is 16.5. The van der Waals surface area contributed by atoms with Crippen LogP contribution in [-0.4, -0.2) is 23.4 Å². The second-order valence-corrected chi connectivity index (χ2v) is 5.65. The first-order valence-electron chi connectivity index (χ1n) is 6.85. The predicted molar refractivity (Wildman–Crippen MR) is 70.2 cm³/mol. The molecule has 0 spiro atoms. The number of β-amino-alcohol motifs (C(OH)–C–C–N with tert-alkyl or cyclic N) is 1. The molecular weight excluding hydrogens is 226 g/mol. The van der Waals surface area contributed by atoms with Crippen molar-refractivity contribution in [2.75, 3.05) is 6.54 Å². The minimum atomic E-state index is -0.653. The lowest BCUT2D eigenvalue weighted by atomic mass is 9.81. The molecule has 1 heterocycles. The quantitative estimate of drug-likeness (QED) is 0.800. The van der Waals surface area contributed by atoms with Gasteiger partial charge in [0.05, 0.1) is 6.10 Å². The van der Waals surface area contributed by atoms with Crippen molar-refractivity contribution < 1.29 is 9.84 Å². The molecule has 0 amide bonds. The van der Waals surface area contributed by atoms with Crippen LogP contribution >= 0.6 is 0 Å². The molecule has 2 N–H and O–H groups in total. The molecule has 0 radical (unpaired) electrons. The molecule has 98 valence electrons. The first-order valence-corrected chi connectivity index (χ1v) is 6.85. The van der Waals surface area contributed by atoms with E-state index in [0.29, 0.717) is 6.54 Å². The molecule has 3 nitrogen and oxygen atoms in total. The number of fused-ring (bicyclic) bond motifs is 1. The highest BCUT2D eigenvalue weighted by Gasteiger charge is 2.44. The van der Waals surface area contributed by atoms with E-state index in [1.165, 1.54) is 5.56 Å². The van der Waals surface area contributed by atoms with Crippen molar-refractivity contribution in [3.8, 4) is 0 Å². The monoisotopic (exact) mass is 247 g/mol. The minimum absolute atomic E-state index is 0.0150. The van der Waals surface area contributed by atoms with Gasteiger partial charge < -0.3 is 9.84 Å². The maximum Gasteiger partial charge on any atom is 0.134 e. The van der Waals surface area contributed by atoms with E-state index in [4.69, 9.17) is 4.74 Å². The van der Waals surface area contributed by atoms with Gasteiger partial charge in [-0.3, -0.25) is 5.32 Å². The SMILES string of the molecule is Cc1ccc([C@@H]2NC[C@]3(O)CCCC[C@@H]3O2)cc1. The highest BCUT2D eigenvalue weighted by Crippen LogP contribution is 2.36. The van der Waals surface area contributed by atoms with Crippen LogP contribution in [-0.2, 0) is 4.74 Å². The van der Waals surface area contributed by atoms with Gasteiger partial charge in [-0.15, -0.1) is 0 Å². The van der Waals surface area contributed by atoms with Crippen molar-refractivity contribution in [3.05, 3.63) is 35.4 Å². The number of aryl methyl sites for hydroxylation is 1. The molecule has 3 rings (SSSR count). The van der Waals surface area contributed by atoms with Gasteiger partial charge in [0.2, 0.25) is 0 Å². The summed E-state index contributed by atoms with van der Waals surface area (Å²) in [4.78, 5) is 0. The van der Waals surface area contributed by atoms with Crippen LogP contribution in [0.5, 0.6) is 0 Å². The Morgan fingerprint density at radius 3 is 2.83 bits per heavy atom. The summed E-state index contributed by atoms with van der Waals surface area (Å²) in [5.74, 6) is 0. The first-order chi connectivity index (χ1) is 8.67. The Balaban J connectivity index is 1.75. The Labute approximate surface area is 108 Å². The summed E-state index contributed by atoms with van der Waals surface area (Å²) in [7, 11) is 0. The van der Waals surface area contributed by atoms with Crippen LogP contribution in [0.1, 0.15) is 43.0 Å². The fourth-order valence-electron chi connectivity index (χ4n) is 3.01. The van der Waals surface area contributed by atoms with Crippen molar-refractivity contribution in [3.63, 3.8) is 0 Å². The minimum Gasteiger partial charge on any atom is -0.386 e. The van der Waals surface area contributed by atoms with Crippen LogP contribution in [0, 0.1) is 6.92 Å². The van der Waals surface area contributed by atoms with Gasteiger partial charge in [-0.1, -0.05) is 42.7 Å². The van der Waals surface area contributed by atoms with E-state index in [2.05, 4.69) is 36.5 Å². The Hall–Kier alpha value is -0.900. The third-order valence-electron chi connectivity index (χ3n) is 4.20. The lowest BCUT2D eigenvalue weighted by Gasteiger charge is -2.46. The Morgan fingerprint density at radius 1 is 1.28 bits per heavy atom. The molecule has 1 aliphatic heterocycles. The molecule has 0 bridgehead atoms. The van der Waals surface area contributed by atoms with E-state index in [1.807, 2.05) is 0 Å². The number of aliphatic hydroxyl groups is 1. The van der Waals surface area contributed by atoms with Crippen LogP contribution in [0.3, 0.4) is 0 Å². The molecule has 18 heavy (non-hydrogen) atoms. The van der Waals surface area contributed by atoms with Crippen LogP contribution in [0.2, 0.25) is 0 Å². The smallest absolute Gasteiger partial charge is 0.134 e. The summed E-state index contributed by atoms with van der Waals surface area (Å²) in [6, 6.07) is 8.39. The van der Waals surface area contributed by atoms with E-state index < -0.39 is 5.60 Å². The normalized spacial score (nSPS) is 36.1. The second kappa shape index (κ2) is 4.65. The molecule has 1 aromatic carbocycles. The largest absolute Gasteiger partial charge is 0.386 e. The molecule has 1 saturated heterocycles. The van der Waals surface area contributed by atoms with E-state index in [0.717, 1.165) is 31.2 Å². The van der Waals surface area contributed by atoms with Gasteiger partial charge in [-0.25, -0.2) is 0 Å².